The predicted octanol–water partition coefficient (Wildman–Crippen LogP) is 8.01. The molecule has 0 aromatic heterocycles. The molecule has 0 amide bonds. The van der Waals surface area contributed by atoms with Gasteiger partial charge in [0.2, 0.25) is 0 Å². The van der Waals surface area contributed by atoms with Crippen LogP contribution >= 0.6 is 11.6 Å². The van der Waals surface area contributed by atoms with Gasteiger partial charge in [0, 0.05) is 34.6 Å². The highest BCUT2D eigenvalue weighted by molar-refractivity contribution is 6.74. The lowest BCUT2D eigenvalue weighted by Gasteiger charge is -2.52. The Morgan fingerprint density at radius 3 is 1.14 bits per heavy atom. The van der Waals surface area contributed by atoms with E-state index in [9.17, 15) is 28.8 Å². The van der Waals surface area contributed by atoms with Crippen LogP contribution in [0.2, 0.25) is 18.1 Å². The number of carbonyl (C=O) groups excluding carboxylic acids is 6. The van der Waals surface area contributed by atoms with Crippen LogP contribution in [0.25, 0.3) is 0 Å². The van der Waals surface area contributed by atoms with Crippen LogP contribution < -0.4 is 4.74 Å². The quantitative estimate of drug-likeness (QED) is 0.0216. The molecule has 492 valence electrons. The average Bonchev–Trinajstić information content (AvgIpc) is 0.786. The summed E-state index contributed by atoms with van der Waals surface area (Å²) in [5, 5.41) is -0.457. The number of alkyl halides is 1. The van der Waals surface area contributed by atoms with Gasteiger partial charge in [-0.15, -0.1) is 11.6 Å². The van der Waals surface area contributed by atoms with E-state index in [1.807, 2.05) is 88.5 Å². The highest BCUT2D eigenvalue weighted by atomic mass is 35.5. The van der Waals surface area contributed by atoms with E-state index in [4.69, 9.17) is 91.8 Å². The third-order valence-corrected chi connectivity index (χ3v) is 20.0. The number of rotatable bonds is 29. The van der Waals surface area contributed by atoms with Crippen molar-refractivity contribution in [3.8, 4) is 5.75 Å². The number of methoxy groups -OCH3 is 1. The highest BCUT2D eigenvalue weighted by Crippen LogP contribution is 2.43. The second-order valence-corrected chi connectivity index (χ2v) is 28.3. The van der Waals surface area contributed by atoms with Gasteiger partial charge in [-0.2, -0.15) is 0 Å². The third-order valence-electron chi connectivity index (χ3n) is 15.3. The number of hydrogen-bond acceptors (Lipinski definition) is 23. The monoisotopic (exact) mass is 1290 g/mol. The Labute approximate surface area is 530 Å². The van der Waals surface area contributed by atoms with Gasteiger partial charge in [-0.25, -0.2) is 0 Å². The van der Waals surface area contributed by atoms with Crippen LogP contribution in [0, 0.1) is 0 Å². The molecule has 3 saturated heterocycles. The Morgan fingerprint density at radius 1 is 0.433 bits per heavy atom. The second-order valence-electron chi connectivity index (χ2n) is 23.3. The van der Waals surface area contributed by atoms with Crippen molar-refractivity contribution in [3.63, 3.8) is 0 Å². The first-order valence-electron chi connectivity index (χ1n) is 29.6. The van der Waals surface area contributed by atoms with Gasteiger partial charge in [-0.1, -0.05) is 124 Å². The van der Waals surface area contributed by atoms with Gasteiger partial charge in [-0.3, -0.25) is 28.8 Å². The summed E-state index contributed by atoms with van der Waals surface area (Å²) in [6.45, 7) is 14.2. The minimum atomic E-state index is -2.95. The minimum absolute atomic E-state index is 0.0123. The smallest absolute Gasteiger partial charge is 0.320 e. The minimum Gasteiger partial charge on any atom is -0.497 e. The molecule has 0 spiro atoms. The van der Waals surface area contributed by atoms with Gasteiger partial charge in [0.15, 0.2) is 45.5 Å². The second kappa shape index (κ2) is 33.8. The van der Waals surface area contributed by atoms with E-state index in [1.165, 1.54) is 34.8 Å². The number of carbonyl (C=O) groups is 6. The van der Waals surface area contributed by atoms with Crippen LogP contribution in [0.15, 0.2) is 115 Å². The van der Waals surface area contributed by atoms with Crippen molar-refractivity contribution < 1.29 is 109 Å². The zero-order valence-electron chi connectivity index (χ0n) is 52.6. The van der Waals surface area contributed by atoms with Gasteiger partial charge in [0.25, 0.3) is 0 Å². The van der Waals surface area contributed by atoms with E-state index in [-0.39, 0.29) is 26.4 Å². The van der Waals surface area contributed by atoms with Crippen molar-refractivity contribution in [2.45, 2.75) is 192 Å². The molecule has 0 radical (unpaired) electrons. The summed E-state index contributed by atoms with van der Waals surface area (Å²) < 4.78 is 110. The molecule has 15 atom stereocenters. The topological polar surface area (TPSA) is 259 Å². The maximum absolute atomic E-state index is 13.9. The van der Waals surface area contributed by atoms with Gasteiger partial charge in [-0.05, 0) is 52.5 Å². The lowest BCUT2D eigenvalue weighted by Crippen LogP contribution is -2.69. The highest BCUT2D eigenvalue weighted by Gasteiger charge is 2.60. The SMILES string of the molecule is COc1ccc(CO[C@@H]2O[C@H](COC(C)=O)[C@@H](OCc3ccccc3)[C@H](O[C@@H]3O[C@H](COC(=O)CCl)[C@@H](OCc4ccccc4)[C@H](O[C@@H]4O[C@H](COC(C)=O)[C@@H](OCc5ccccc5)[C@H](O[Si](C)(C)C(C)(C)C)[C@H]4OC(C)=O)[C@H]3OC(C)=O)[C@H]2OC(C)=O)cc1. The van der Waals surface area contributed by atoms with Crippen molar-refractivity contribution in [2.75, 3.05) is 32.8 Å². The molecule has 25 heteroatoms. The van der Waals surface area contributed by atoms with Crippen molar-refractivity contribution in [2.24, 2.45) is 0 Å². The van der Waals surface area contributed by atoms with Crippen LogP contribution in [0.5, 0.6) is 5.75 Å². The Balaban J connectivity index is 1.42. The summed E-state index contributed by atoms with van der Waals surface area (Å²) in [5.41, 5.74) is 2.77. The fourth-order valence-corrected chi connectivity index (χ4v) is 11.4. The molecule has 3 fully saturated rings. The molecular formula is C65H83ClO23Si. The lowest BCUT2D eigenvalue weighted by molar-refractivity contribution is -0.387. The van der Waals surface area contributed by atoms with Crippen LogP contribution in [0.3, 0.4) is 0 Å². The van der Waals surface area contributed by atoms with Crippen molar-refractivity contribution >= 4 is 55.7 Å². The molecular weight excluding hydrogens is 1210 g/mol. The molecule has 4 aromatic rings. The first-order chi connectivity index (χ1) is 42.9. The van der Waals surface area contributed by atoms with Gasteiger partial charge >= 0.3 is 35.8 Å². The van der Waals surface area contributed by atoms with Crippen molar-refractivity contribution in [1.29, 1.82) is 0 Å². The molecule has 3 aliphatic rings. The zero-order chi connectivity index (χ0) is 65.1. The van der Waals surface area contributed by atoms with Crippen molar-refractivity contribution in [1.82, 2.24) is 0 Å². The van der Waals surface area contributed by atoms with Gasteiger partial charge in [0.05, 0.1) is 33.5 Å². The molecule has 0 saturated carbocycles. The molecule has 3 heterocycles. The van der Waals surface area contributed by atoms with Crippen LogP contribution in [0.4, 0.5) is 0 Å². The standard InChI is InChI=1S/C65H83ClO23Si/c1-39(67)74-36-49-53(77-32-44-21-15-12-16-22-44)56(59(81-41(3)69)62(84-49)80-35-47-27-29-48(73-9)30-28-47)87-63-60(82-42(4)70)57(54(51(86-63)38-76-52(72)31-66)78-33-45-23-17-13-18-24-45)88-64-61(83-43(5)71)58(89-90(10,11)65(6,7)8)55(50(85-64)37-75-40(2)68)79-34-46-25-19-14-20-26-46/h12-30,49-51,53-64H,31-38H2,1-11H3/t49-,50-,51-,53-,54-,55-,56+,57+,58+,59-,60-,61-,62-,63+,64+/m1/s1. The summed E-state index contributed by atoms with van der Waals surface area (Å²) in [4.78, 5) is 79.6. The normalized spacial score (nSPS) is 26.9. The summed E-state index contributed by atoms with van der Waals surface area (Å²) in [6.07, 6.45) is -22.2. The number of benzene rings is 4. The number of esters is 6. The van der Waals surface area contributed by atoms with Gasteiger partial charge in [0.1, 0.15) is 86.4 Å². The lowest BCUT2D eigenvalue weighted by atomic mass is 9.95. The van der Waals surface area contributed by atoms with E-state index in [1.54, 1.807) is 60.7 Å². The largest absolute Gasteiger partial charge is 0.497 e. The average molecular weight is 1300 g/mol. The first kappa shape index (κ1) is 71.1. The Hall–Kier alpha value is -6.39. The van der Waals surface area contributed by atoms with E-state index < -0.39 is 167 Å². The summed E-state index contributed by atoms with van der Waals surface area (Å²) >= 11 is 6.04. The molecule has 0 unspecified atom stereocenters. The fourth-order valence-electron chi connectivity index (χ4n) is 10.0. The van der Waals surface area contributed by atoms with E-state index in [0.717, 1.165) is 12.5 Å². The van der Waals surface area contributed by atoms with E-state index >= 15 is 0 Å². The molecule has 23 nitrogen and oxygen atoms in total. The van der Waals surface area contributed by atoms with Crippen LogP contribution in [-0.4, -0.2) is 169 Å². The first-order valence-corrected chi connectivity index (χ1v) is 33.0. The Kier molecular flexibility index (Phi) is 26.7. The van der Waals surface area contributed by atoms with E-state index in [0.29, 0.717) is 22.4 Å². The van der Waals surface area contributed by atoms with Crippen LogP contribution in [0.1, 0.15) is 77.6 Å². The van der Waals surface area contributed by atoms with Gasteiger partial charge < -0.3 is 80.2 Å². The summed E-state index contributed by atoms with van der Waals surface area (Å²) in [5.74, 6) is -4.66. The number of ether oxygens (including phenoxy) is 16. The summed E-state index contributed by atoms with van der Waals surface area (Å²) in [6, 6.07) is 34.3. The Morgan fingerprint density at radius 2 is 0.778 bits per heavy atom. The fraction of sp³-hybridized carbons (Fsp3) is 0.538. The summed E-state index contributed by atoms with van der Waals surface area (Å²) in [7, 11) is -1.43. The van der Waals surface area contributed by atoms with Crippen LogP contribution in [-0.2, 0) is 131 Å². The molecule has 4 aromatic carbocycles. The third kappa shape index (κ3) is 20.6. The predicted molar refractivity (Wildman–Crippen MR) is 322 cm³/mol. The number of halogens is 1. The maximum atomic E-state index is 13.9. The zero-order valence-corrected chi connectivity index (χ0v) is 54.3. The Bertz CT molecular complexity index is 2920. The number of hydrogen-bond donors (Lipinski definition) is 0. The molecule has 90 heavy (non-hydrogen) atoms. The molecule has 7 rings (SSSR count). The molecule has 0 N–H and O–H groups in total. The molecule has 3 aliphatic heterocycles. The molecule has 0 aliphatic carbocycles. The van der Waals surface area contributed by atoms with Crippen molar-refractivity contribution in [3.05, 3.63) is 138 Å². The molecule has 0 bridgehead atoms. The maximum Gasteiger partial charge on any atom is 0.320 e. The van der Waals surface area contributed by atoms with E-state index in [2.05, 4.69) is 0 Å².